The first-order chi connectivity index (χ1) is 10.2. The number of likely N-dealkylation sites (tertiary alicyclic amines) is 1. The van der Waals surface area contributed by atoms with E-state index >= 15 is 0 Å². The van der Waals surface area contributed by atoms with Crippen LogP contribution in [0.4, 0.5) is 4.79 Å². The third-order valence-corrected chi connectivity index (χ3v) is 4.51. The molecule has 1 saturated carbocycles. The van der Waals surface area contributed by atoms with Crippen molar-refractivity contribution >= 4 is 11.9 Å². The molecule has 22 heavy (non-hydrogen) atoms. The van der Waals surface area contributed by atoms with Crippen molar-refractivity contribution in [3.63, 3.8) is 0 Å². The van der Waals surface area contributed by atoms with E-state index in [1.165, 1.54) is 0 Å². The molecule has 2 fully saturated rings. The first kappa shape index (κ1) is 16.8. The lowest BCUT2D eigenvalue weighted by molar-refractivity contribution is -0.130. The lowest BCUT2D eigenvalue weighted by Gasteiger charge is -2.37. The van der Waals surface area contributed by atoms with Crippen molar-refractivity contribution in [3.05, 3.63) is 0 Å². The summed E-state index contributed by atoms with van der Waals surface area (Å²) in [5.74, 6) is 0.600. The Balaban J connectivity index is 1.82. The average molecular weight is 306 g/mol. The summed E-state index contributed by atoms with van der Waals surface area (Å²) < 4.78 is 5.43. The van der Waals surface area contributed by atoms with Crippen LogP contribution < -0.4 is 0 Å². The molecule has 0 bridgehead atoms. The van der Waals surface area contributed by atoms with Gasteiger partial charge in [0.1, 0.15) is 11.4 Å². The summed E-state index contributed by atoms with van der Waals surface area (Å²) in [7, 11) is 0. The van der Waals surface area contributed by atoms with Gasteiger partial charge in [-0.2, -0.15) is 5.26 Å². The predicted octanol–water partition coefficient (Wildman–Crippen LogP) is 3.29. The highest BCUT2D eigenvalue weighted by molar-refractivity contribution is 5.87. The monoisotopic (exact) mass is 306 g/mol. The minimum atomic E-state index is -0.471. The standard InChI is InChI=1S/C17H26N2O3/c1-16(2,3)22-15(21)19-8-4-5-13(11-19)6-7-17(12-18)9-14(20)10-17/h13H,4-11H2,1-3H3. The van der Waals surface area contributed by atoms with Crippen LogP contribution in [0.3, 0.4) is 0 Å². The molecule has 0 aromatic carbocycles. The topological polar surface area (TPSA) is 70.4 Å². The van der Waals surface area contributed by atoms with Gasteiger partial charge in [-0.3, -0.25) is 4.79 Å². The van der Waals surface area contributed by atoms with E-state index in [2.05, 4.69) is 6.07 Å². The lowest BCUT2D eigenvalue weighted by atomic mass is 9.65. The number of carbonyl (C=O) groups is 2. The Hall–Kier alpha value is -1.57. The van der Waals surface area contributed by atoms with Gasteiger partial charge in [-0.1, -0.05) is 0 Å². The van der Waals surface area contributed by atoms with Gasteiger partial charge >= 0.3 is 6.09 Å². The fourth-order valence-corrected chi connectivity index (χ4v) is 3.29. The van der Waals surface area contributed by atoms with E-state index in [0.29, 0.717) is 25.3 Å². The maximum atomic E-state index is 12.1. The van der Waals surface area contributed by atoms with E-state index in [-0.39, 0.29) is 11.9 Å². The van der Waals surface area contributed by atoms with Crippen LogP contribution in [-0.2, 0) is 9.53 Å². The van der Waals surface area contributed by atoms with E-state index in [4.69, 9.17) is 4.74 Å². The van der Waals surface area contributed by atoms with Gasteiger partial charge in [0.05, 0.1) is 11.5 Å². The van der Waals surface area contributed by atoms with Gasteiger partial charge in [0.25, 0.3) is 0 Å². The number of ether oxygens (including phenoxy) is 1. The van der Waals surface area contributed by atoms with Gasteiger partial charge in [-0.15, -0.1) is 0 Å². The predicted molar refractivity (Wildman–Crippen MR) is 82.1 cm³/mol. The quantitative estimate of drug-likeness (QED) is 0.802. The molecule has 0 aromatic heterocycles. The molecule has 1 aliphatic heterocycles. The molecule has 5 nitrogen and oxygen atoms in total. The van der Waals surface area contributed by atoms with Crippen molar-refractivity contribution in [1.82, 2.24) is 4.90 Å². The van der Waals surface area contributed by atoms with Gasteiger partial charge in [0, 0.05) is 25.9 Å². The summed E-state index contributed by atoms with van der Waals surface area (Å²) >= 11 is 0. The van der Waals surface area contributed by atoms with E-state index < -0.39 is 11.0 Å². The maximum absolute atomic E-state index is 12.1. The van der Waals surface area contributed by atoms with Crippen molar-refractivity contribution in [2.75, 3.05) is 13.1 Å². The molecular weight excluding hydrogens is 280 g/mol. The molecule has 0 spiro atoms. The molecule has 1 amide bonds. The summed E-state index contributed by atoms with van der Waals surface area (Å²) in [5.41, 5.74) is -0.896. The number of carbonyl (C=O) groups excluding carboxylic acids is 2. The number of nitrogens with zero attached hydrogens (tertiary/aromatic N) is 2. The third kappa shape index (κ3) is 4.22. The third-order valence-electron chi connectivity index (χ3n) is 4.51. The second-order valence-corrected chi connectivity index (χ2v) is 7.76. The Kier molecular flexibility index (Phi) is 4.79. The minimum Gasteiger partial charge on any atom is -0.444 e. The highest BCUT2D eigenvalue weighted by atomic mass is 16.6. The number of amides is 1. The Morgan fingerprint density at radius 3 is 2.68 bits per heavy atom. The molecule has 1 unspecified atom stereocenters. The van der Waals surface area contributed by atoms with Gasteiger partial charge in [-0.25, -0.2) is 4.79 Å². The Labute approximate surface area is 132 Å². The zero-order valence-electron chi connectivity index (χ0n) is 13.9. The van der Waals surface area contributed by atoms with Crippen LogP contribution in [0.5, 0.6) is 0 Å². The van der Waals surface area contributed by atoms with E-state index in [0.717, 1.165) is 32.2 Å². The van der Waals surface area contributed by atoms with Gasteiger partial charge < -0.3 is 9.64 Å². The molecule has 0 radical (unpaired) electrons. The molecule has 1 aliphatic carbocycles. The molecule has 1 saturated heterocycles. The first-order valence-corrected chi connectivity index (χ1v) is 8.14. The molecule has 0 N–H and O–H groups in total. The molecule has 5 heteroatoms. The molecule has 0 aromatic rings. The molecule has 122 valence electrons. The van der Waals surface area contributed by atoms with E-state index in [9.17, 15) is 14.9 Å². The minimum absolute atomic E-state index is 0.195. The van der Waals surface area contributed by atoms with E-state index in [1.807, 2.05) is 20.8 Å². The SMILES string of the molecule is CC(C)(C)OC(=O)N1CCCC(CCC2(C#N)CC(=O)C2)C1. The number of ketones is 1. The fraction of sp³-hybridized carbons (Fsp3) is 0.824. The van der Waals surface area contributed by atoms with Gasteiger partial charge in [0.15, 0.2) is 0 Å². The number of nitriles is 1. The normalized spacial score (nSPS) is 24.4. The number of hydrogen-bond acceptors (Lipinski definition) is 4. The van der Waals surface area contributed by atoms with E-state index in [1.54, 1.807) is 4.90 Å². The van der Waals surface area contributed by atoms with Crippen LogP contribution in [0.1, 0.15) is 59.3 Å². The van der Waals surface area contributed by atoms with Crippen LogP contribution >= 0.6 is 0 Å². The number of Topliss-reactive ketones (excluding diaryl/α,β-unsaturated/α-hetero) is 1. The zero-order chi connectivity index (χ0) is 16.4. The van der Waals surface area contributed by atoms with Gasteiger partial charge in [0.2, 0.25) is 0 Å². The van der Waals surface area contributed by atoms with Crippen LogP contribution in [-0.4, -0.2) is 35.5 Å². The van der Waals surface area contributed by atoms with Crippen molar-refractivity contribution in [2.24, 2.45) is 11.3 Å². The molecular formula is C17H26N2O3. The van der Waals surface area contributed by atoms with Crippen molar-refractivity contribution in [3.8, 4) is 6.07 Å². The number of hydrogen-bond donors (Lipinski definition) is 0. The summed E-state index contributed by atoms with van der Waals surface area (Å²) in [6, 6.07) is 2.32. The van der Waals surface area contributed by atoms with Crippen LogP contribution in [0.15, 0.2) is 0 Å². The highest BCUT2D eigenvalue weighted by Gasteiger charge is 2.44. The van der Waals surface area contributed by atoms with Crippen molar-refractivity contribution in [2.45, 2.75) is 64.9 Å². The van der Waals surface area contributed by atoms with Crippen molar-refractivity contribution in [1.29, 1.82) is 5.26 Å². The Bertz CT molecular complexity index is 479. The second-order valence-electron chi connectivity index (χ2n) is 7.76. The summed E-state index contributed by atoms with van der Waals surface area (Å²) in [5, 5.41) is 9.26. The number of rotatable bonds is 3. The molecule has 2 aliphatic rings. The van der Waals surface area contributed by atoms with Gasteiger partial charge in [-0.05, 0) is 52.4 Å². The largest absolute Gasteiger partial charge is 0.444 e. The Morgan fingerprint density at radius 2 is 2.14 bits per heavy atom. The highest BCUT2D eigenvalue weighted by Crippen LogP contribution is 2.43. The average Bonchev–Trinajstić information content (AvgIpc) is 2.40. The summed E-state index contributed by atoms with van der Waals surface area (Å²) in [6.45, 7) is 7.06. The van der Waals surface area contributed by atoms with Crippen LogP contribution in [0, 0.1) is 22.7 Å². The van der Waals surface area contributed by atoms with Crippen LogP contribution in [0.2, 0.25) is 0 Å². The van der Waals surface area contributed by atoms with Crippen molar-refractivity contribution < 1.29 is 14.3 Å². The molecule has 1 heterocycles. The maximum Gasteiger partial charge on any atom is 0.410 e. The number of piperidine rings is 1. The summed E-state index contributed by atoms with van der Waals surface area (Å²) in [6.07, 6.45) is 4.29. The summed E-state index contributed by atoms with van der Waals surface area (Å²) in [4.78, 5) is 25.1. The smallest absolute Gasteiger partial charge is 0.410 e. The van der Waals surface area contributed by atoms with Crippen LogP contribution in [0.25, 0.3) is 0 Å². The fourth-order valence-electron chi connectivity index (χ4n) is 3.29. The zero-order valence-corrected chi connectivity index (χ0v) is 13.9. The lowest BCUT2D eigenvalue weighted by Crippen LogP contribution is -2.43. The molecule has 2 rings (SSSR count). The molecule has 1 atom stereocenters. The first-order valence-electron chi connectivity index (χ1n) is 8.14. The Morgan fingerprint density at radius 1 is 1.45 bits per heavy atom. The second kappa shape index (κ2) is 6.28.